The van der Waals surface area contributed by atoms with Crippen molar-refractivity contribution in [2.45, 2.75) is 38.3 Å². The number of aromatic nitrogens is 2. The van der Waals surface area contributed by atoms with Crippen LogP contribution in [0.2, 0.25) is 0 Å². The molecule has 2 N–H and O–H groups in total. The predicted molar refractivity (Wildman–Crippen MR) is 71.5 cm³/mol. The largest absolute Gasteiger partial charge is 0.444 e. The SMILES string of the molecule is Cn1ccc(C2(N)CCN(C(=O)OC(C)(C)C)C2)n1. The Bertz CT molecular complexity index is 477. The average Bonchev–Trinajstić information content (AvgIpc) is 2.83. The smallest absolute Gasteiger partial charge is 0.410 e. The summed E-state index contributed by atoms with van der Waals surface area (Å²) in [4.78, 5) is 13.7. The van der Waals surface area contributed by atoms with E-state index in [2.05, 4.69) is 5.10 Å². The summed E-state index contributed by atoms with van der Waals surface area (Å²) in [5, 5.41) is 4.35. The van der Waals surface area contributed by atoms with Crippen LogP contribution in [-0.4, -0.2) is 39.5 Å². The van der Waals surface area contributed by atoms with E-state index in [1.165, 1.54) is 0 Å². The number of hydrogen-bond acceptors (Lipinski definition) is 4. The highest BCUT2D eigenvalue weighted by atomic mass is 16.6. The summed E-state index contributed by atoms with van der Waals surface area (Å²) in [6, 6.07) is 1.90. The zero-order valence-electron chi connectivity index (χ0n) is 12.0. The highest BCUT2D eigenvalue weighted by Crippen LogP contribution is 2.29. The second-order valence-corrected chi connectivity index (χ2v) is 6.18. The Morgan fingerprint density at radius 2 is 2.21 bits per heavy atom. The fraction of sp³-hybridized carbons (Fsp3) is 0.692. The Labute approximate surface area is 113 Å². The molecule has 1 aliphatic heterocycles. The van der Waals surface area contributed by atoms with E-state index in [1.54, 1.807) is 9.58 Å². The second-order valence-electron chi connectivity index (χ2n) is 6.18. The summed E-state index contributed by atoms with van der Waals surface area (Å²) in [7, 11) is 1.85. The first-order valence-corrected chi connectivity index (χ1v) is 6.47. The molecule has 1 aliphatic rings. The third kappa shape index (κ3) is 3.07. The van der Waals surface area contributed by atoms with Crippen molar-refractivity contribution >= 4 is 6.09 Å². The third-order valence-electron chi connectivity index (χ3n) is 3.18. The van der Waals surface area contributed by atoms with Gasteiger partial charge < -0.3 is 15.4 Å². The van der Waals surface area contributed by atoms with Crippen LogP contribution >= 0.6 is 0 Å². The Hall–Kier alpha value is -1.56. The molecule has 2 heterocycles. The van der Waals surface area contributed by atoms with Gasteiger partial charge in [0.05, 0.1) is 11.2 Å². The average molecular weight is 266 g/mol. The lowest BCUT2D eigenvalue weighted by Crippen LogP contribution is -2.43. The van der Waals surface area contributed by atoms with E-state index < -0.39 is 11.1 Å². The van der Waals surface area contributed by atoms with Crippen LogP contribution in [0.5, 0.6) is 0 Å². The number of rotatable bonds is 1. The van der Waals surface area contributed by atoms with Crippen molar-refractivity contribution in [3.63, 3.8) is 0 Å². The summed E-state index contributed by atoms with van der Waals surface area (Å²) in [5.41, 5.74) is 6.13. The van der Waals surface area contributed by atoms with Crippen LogP contribution in [-0.2, 0) is 17.3 Å². The predicted octanol–water partition coefficient (Wildman–Crippen LogP) is 1.21. The van der Waals surface area contributed by atoms with Gasteiger partial charge in [0.1, 0.15) is 5.60 Å². The van der Waals surface area contributed by atoms with Gasteiger partial charge in [-0.25, -0.2) is 4.79 Å². The minimum Gasteiger partial charge on any atom is -0.444 e. The van der Waals surface area contributed by atoms with Crippen LogP contribution in [0.3, 0.4) is 0 Å². The van der Waals surface area contributed by atoms with Gasteiger partial charge in [0, 0.05) is 26.3 Å². The Morgan fingerprint density at radius 1 is 1.53 bits per heavy atom. The van der Waals surface area contributed by atoms with Gasteiger partial charge in [0.15, 0.2) is 0 Å². The normalized spacial score (nSPS) is 23.7. The van der Waals surface area contributed by atoms with Crippen molar-refractivity contribution in [3.8, 4) is 0 Å². The van der Waals surface area contributed by atoms with Gasteiger partial charge in [0.2, 0.25) is 0 Å². The highest BCUT2D eigenvalue weighted by molar-refractivity contribution is 5.68. The van der Waals surface area contributed by atoms with Gasteiger partial charge in [0.25, 0.3) is 0 Å². The molecule has 1 unspecified atom stereocenters. The minimum atomic E-state index is -0.571. The van der Waals surface area contributed by atoms with Crippen LogP contribution in [0.15, 0.2) is 12.3 Å². The van der Waals surface area contributed by atoms with Gasteiger partial charge in [-0.3, -0.25) is 4.68 Å². The van der Waals surface area contributed by atoms with Crippen LogP contribution in [0.1, 0.15) is 32.9 Å². The number of ether oxygens (including phenoxy) is 1. The summed E-state index contributed by atoms with van der Waals surface area (Å²) in [6.07, 6.45) is 2.25. The molecular weight excluding hydrogens is 244 g/mol. The van der Waals surface area contributed by atoms with E-state index in [-0.39, 0.29) is 6.09 Å². The molecule has 1 aromatic heterocycles. The van der Waals surface area contributed by atoms with Crippen LogP contribution in [0.4, 0.5) is 4.79 Å². The molecule has 0 aromatic carbocycles. The maximum Gasteiger partial charge on any atom is 0.410 e. The first kappa shape index (κ1) is 13.9. The maximum atomic E-state index is 12.0. The molecule has 0 radical (unpaired) electrons. The zero-order chi connectivity index (χ0) is 14.3. The Balaban J connectivity index is 2.05. The van der Waals surface area contributed by atoms with Crippen LogP contribution in [0.25, 0.3) is 0 Å². The lowest BCUT2D eigenvalue weighted by atomic mass is 9.96. The molecule has 2 rings (SSSR count). The zero-order valence-corrected chi connectivity index (χ0v) is 12.0. The number of nitrogens with zero attached hydrogens (tertiary/aromatic N) is 3. The molecule has 1 saturated heterocycles. The van der Waals surface area contributed by atoms with Crippen molar-refractivity contribution < 1.29 is 9.53 Å². The molecule has 0 bridgehead atoms. The maximum absolute atomic E-state index is 12.0. The standard InChI is InChI=1S/C13H22N4O2/c1-12(2,3)19-11(18)17-8-6-13(14,9-17)10-5-7-16(4)15-10/h5,7H,6,8-9,14H2,1-4H3. The van der Waals surface area contributed by atoms with E-state index in [4.69, 9.17) is 10.5 Å². The van der Waals surface area contributed by atoms with Crippen LogP contribution < -0.4 is 5.73 Å². The van der Waals surface area contributed by atoms with Crippen molar-refractivity contribution in [2.75, 3.05) is 13.1 Å². The van der Waals surface area contributed by atoms with Gasteiger partial charge >= 0.3 is 6.09 Å². The third-order valence-corrected chi connectivity index (χ3v) is 3.18. The van der Waals surface area contributed by atoms with E-state index in [0.29, 0.717) is 19.5 Å². The quantitative estimate of drug-likeness (QED) is 0.829. The van der Waals surface area contributed by atoms with E-state index in [9.17, 15) is 4.79 Å². The Morgan fingerprint density at radius 3 is 2.74 bits per heavy atom. The van der Waals surface area contributed by atoms with Gasteiger partial charge in [-0.1, -0.05) is 0 Å². The number of nitrogens with two attached hydrogens (primary N) is 1. The molecular formula is C13H22N4O2. The molecule has 6 nitrogen and oxygen atoms in total. The molecule has 0 saturated carbocycles. The van der Waals surface area contributed by atoms with Crippen molar-refractivity contribution in [3.05, 3.63) is 18.0 Å². The number of hydrogen-bond donors (Lipinski definition) is 1. The summed E-state index contributed by atoms with van der Waals surface area (Å²) in [5.74, 6) is 0. The lowest BCUT2D eigenvalue weighted by molar-refractivity contribution is 0.0284. The first-order valence-electron chi connectivity index (χ1n) is 6.47. The first-order chi connectivity index (χ1) is 8.70. The molecule has 0 spiro atoms. The molecule has 1 amide bonds. The number of likely N-dealkylation sites (tertiary alicyclic amines) is 1. The summed E-state index contributed by atoms with van der Waals surface area (Å²) < 4.78 is 7.08. The number of carbonyl (C=O) groups excluding carboxylic acids is 1. The topological polar surface area (TPSA) is 73.4 Å². The number of aryl methyl sites for hydroxylation is 1. The monoisotopic (exact) mass is 266 g/mol. The summed E-state index contributed by atoms with van der Waals surface area (Å²) >= 11 is 0. The van der Waals surface area contributed by atoms with Gasteiger partial charge in [-0.15, -0.1) is 0 Å². The fourth-order valence-corrected chi connectivity index (χ4v) is 2.21. The molecule has 6 heteroatoms. The molecule has 1 fully saturated rings. The van der Waals surface area contributed by atoms with Gasteiger partial charge in [-0.05, 0) is 33.3 Å². The van der Waals surface area contributed by atoms with Gasteiger partial charge in [-0.2, -0.15) is 5.10 Å². The molecule has 0 aliphatic carbocycles. The highest BCUT2D eigenvalue weighted by Gasteiger charge is 2.41. The van der Waals surface area contributed by atoms with Crippen molar-refractivity contribution in [1.82, 2.24) is 14.7 Å². The lowest BCUT2D eigenvalue weighted by Gasteiger charge is -2.26. The second kappa shape index (κ2) is 4.52. The molecule has 1 aromatic rings. The van der Waals surface area contributed by atoms with Crippen LogP contribution in [0, 0.1) is 0 Å². The summed E-state index contributed by atoms with van der Waals surface area (Å²) in [6.45, 7) is 6.61. The van der Waals surface area contributed by atoms with Crippen molar-refractivity contribution in [1.29, 1.82) is 0 Å². The minimum absolute atomic E-state index is 0.309. The van der Waals surface area contributed by atoms with Crippen molar-refractivity contribution in [2.24, 2.45) is 12.8 Å². The van der Waals surface area contributed by atoms with E-state index >= 15 is 0 Å². The molecule has 19 heavy (non-hydrogen) atoms. The number of carbonyl (C=O) groups is 1. The van der Waals surface area contributed by atoms with E-state index in [0.717, 1.165) is 5.69 Å². The fourth-order valence-electron chi connectivity index (χ4n) is 2.21. The Kier molecular flexibility index (Phi) is 3.30. The molecule has 106 valence electrons. The number of amides is 1. The van der Waals surface area contributed by atoms with E-state index in [1.807, 2.05) is 40.1 Å². The molecule has 1 atom stereocenters.